The minimum Gasteiger partial charge on any atom is -0.492 e. The Kier molecular flexibility index (Phi) is 30.4. The van der Waals surface area contributed by atoms with Gasteiger partial charge in [0.15, 0.2) is 0 Å². The first-order chi connectivity index (χ1) is 25.4. The van der Waals surface area contributed by atoms with Crippen LogP contribution in [0.4, 0.5) is 0 Å². The summed E-state index contributed by atoms with van der Waals surface area (Å²) in [6.07, 6.45) is 24.2. The van der Waals surface area contributed by atoms with Gasteiger partial charge in [-0.3, -0.25) is 9.59 Å². The highest BCUT2D eigenvalue weighted by Crippen LogP contribution is 2.18. The van der Waals surface area contributed by atoms with Crippen LogP contribution in [0.15, 0.2) is 24.3 Å². The van der Waals surface area contributed by atoms with Crippen molar-refractivity contribution in [1.29, 1.82) is 0 Å². The lowest BCUT2D eigenvalue weighted by Gasteiger charge is -2.26. The molecule has 0 bridgehead atoms. The fraction of sp³-hybridized carbons (Fsp3) is 0.810. The van der Waals surface area contributed by atoms with Gasteiger partial charge in [-0.05, 0) is 75.9 Å². The summed E-state index contributed by atoms with van der Waals surface area (Å²) < 4.78 is 12.1. The first kappa shape index (κ1) is 47.6. The Bertz CT molecular complexity index is 905. The van der Waals surface area contributed by atoms with Crippen molar-refractivity contribution in [3.8, 4) is 11.5 Å². The summed E-state index contributed by atoms with van der Waals surface area (Å²) in [5, 5.41) is 0. The Morgan fingerprint density at radius 2 is 0.827 bits per heavy atom. The van der Waals surface area contributed by atoms with E-state index in [1.807, 2.05) is 34.1 Å². The second-order valence-corrected chi connectivity index (χ2v) is 14.6. The fourth-order valence-electron chi connectivity index (χ4n) is 6.45. The van der Waals surface area contributed by atoms with Crippen molar-refractivity contribution in [3.63, 3.8) is 0 Å². The summed E-state index contributed by atoms with van der Waals surface area (Å²) >= 11 is 0. The minimum absolute atomic E-state index is 0.00114. The van der Waals surface area contributed by atoms with Crippen molar-refractivity contribution in [1.82, 2.24) is 9.80 Å². The standard InChI is InChI=1S/C42H80N6O4/c1-3-5-7-9-11-13-15-21-31-47(41(49)39(45)23-17-19-29-43)33-35-51-37-25-27-38(28-26-37)52-36-34-48(42(50)40(46)24-18-20-30-44)32-22-16-14-12-10-8-6-4-2/h25-28,39-40H,3-24,29-36,43-46H2,1-2H3/t39-,40-/m0/s1. The highest BCUT2D eigenvalue weighted by Gasteiger charge is 2.22. The molecule has 52 heavy (non-hydrogen) atoms. The molecule has 0 heterocycles. The van der Waals surface area contributed by atoms with Gasteiger partial charge in [0.1, 0.15) is 24.7 Å². The van der Waals surface area contributed by atoms with E-state index in [0.717, 1.165) is 51.4 Å². The zero-order valence-electron chi connectivity index (χ0n) is 33.5. The third-order valence-corrected chi connectivity index (χ3v) is 9.84. The number of carbonyl (C=O) groups excluding carboxylic acids is 2. The van der Waals surface area contributed by atoms with Crippen molar-refractivity contribution in [2.24, 2.45) is 22.9 Å². The molecule has 1 aromatic rings. The molecule has 8 N–H and O–H groups in total. The van der Waals surface area contributed by atoms with Gasteiger partial charge in [-0.25, -0.2) is 0 Å². The van der Waals surface area contributed by atoms with E-state index < -0.39 is 12.1 Å². The van der Waals surface area contributed by atoms with Crippen LogP contribution in [-0.2, 0) is 9.59 Å². The quantitative estimate of drug-likeness (QED) is 0.0523. The number of carbonyl (C=O) groups is 2. The highest BCUT2D eigenvalue weighted by molar-refractivity contribution is 5.82. The molecule has 0 aliphatic carbocycles. The van der Waals surface area contributed by atoms with Crippen LogP contribution in [0.2, 0.25) is 0 Å². The van der Waals surface area contributed by atoms with E-state index in [0.29, 0.717) is 76.8 Å². The van der Waals surface area contributed by atoms with Gasteiger partial charge in [-0.1, -0.05) is 117 Å². The van der Waals surface area contributed by atoms with Crippen LogP contribution < -0.4 is 32.4 Å². The molecule has 2 amide bonds. The zero-order valence-corrected chi connectivity index (χ0v) is 33.5. The average Bonchev–Trinajstić information content (AvgIpc) is 3.15. The van der Waals surface area contributed by atoms with Crippen molar-refractivity contribution in [2.45, 2.75) is 167 Å². The number of benzene rings is 1. The van der Waals surface area contributed by atoms with Crippen LogP contribution in [-0.4, -0.2) is 86.2 Å². The lowest BCUT2D eigenvalue weighted by Crippen LogP contribution is -2.45. The van der Waals surface area contributed by atoms with Crippen molar-refractivity contribution >= 4 is 11.8 Å². The molecule has 0 spiro atoms. The number of nitrogens with two attached hydrogens (primary N) is 4. The number of hydrogen-bond donors (Lipinski definition) is 4. The molecule has 1 rings (SSSR count). The van der Waals surface area contributed by atoms with Gasteiger partial charge < -0.3 is 42.2 Å². The number of nitrogens with zero attached hydrogens (tertiary/aromatic N) is 2. The largest absolute Gasteiger partial charge is 0.492 e. The lowest BCUT2D eigenvalue weighted by atomic mass is 10.1. The highest BCUT2D eigenvalue weighted by atomic mass is 16.5. The number of rotatable bonds is 36. The van der Waals surface area contributed by atoms with Crippen molar-refractivity contribution < 1.29 is 19.1 Å². The summed E-state index contributed by atoms with van der Waals surface area (Å²) in [4.78, 5) is 30.2. The third kappa shape index (κ3) is 24.0. The van der Waals surface area contributed by atoms with E-state index in [9.17, 15) is 9.59 Å². The maximum atomic E-state index is 13.2. The van der Waals surface area contributed by atoms with Crippen molar-refractivity contribution in [3.05, 3.63) is 24.3 Å². The van der Waals surface area contributed by atoms with Gasteiger partial charge in [-0.2, -0.15) is 0 Å². The predicted octanol–water partition coefficient (Wildman–Crippen LogP) is 7.30. The van der Waals surface area contributed by atoms with Crippen LogP contribution in [0.1, 0.15) is 155 Å². The van der Waals surface area contributed by atoms with E-state index in [-0.39, 0.29) is 11.8 Å². The maximum Gasteiger partial charge on any atom is 0.239 e. The molecule has 0 fully saturated rings. The monoisotopic (exact) mass is 733 g/mol. The van der Waals surface area contributed by atoms with Gasteiger partial charge >= 0.3 is 0 Å². The van der Waals surface area contributed by atoms with Crippen molar-refractivity contribution in [2.75, 3.05) is 52.5 Å². The topological polar surface area (TPSA) is 163 Å². The van der Waals surface area contributed by atoms with E-state index in [1.54, 1.807) is 0 Å². The normalized spacial score (nSPS) is 12.4. The molecular weight excluding hydrogens is 652 g/mol. The number of ether oxygens (including phenoxy) is 2. The molecule has 0 radical (unpaired) electrons. The van der Waals surface area contributed by atoms with Gasteiger partial charge in [0, 0.05) is 13.1 Å². The molecule has 0 aliphatic rings. The summed E-state index contributed by atoms with van der Waals surface area (Å²) in [6.45, 7) is 8.88. The van der Waals surface area contributed by atoms with Crippen LogP contribution in [0.3, 0.4) is 0 Å². The molecule has 0 saturated heterocycles. The first-order valence-electron chi connectivity index (χ1n) is 21.2. The summed E-state index contributed by atoms with van der Waals surface area (Å²) in [6, 6.07) is 6.53. The van der Waals surface area contributed by atoms with Gasteiger partial charge in [0.2, 0.25) is 11.8 Å². The van der Waals surface area contributed by atoms with Crippen LogP contribution in [0.5, 0.6) is 11.5 Å². The third-order valence-electron chi connectivity index (χ3n) is 9.84. The fourth-order valence-corrected chi connectivity index (χ4v) is 6.45. The Hall–Kier alpha value is -2.40. The molecule has 0 aromatic heterocycles. The number of unbranched alkanes of at least 4 members (excludes halogenated alkanes) is 16. The minimum atomic E-state index is -0.504. The zero-order chi connectivity index (χ0) is 38.1. The second-order valence-electron chi connectivity index (χ2n) is 14.6. The molecule has 0 aliphatic heterocycles. The summed E-state index contributed by atoms with van der Waals surface area (Å²) in [7, 11) is 0. The Morgan fingerprint density at radius 1 is 0.500 bits per heavy atom. The lowest BCUT2D eigenvalue weighted by molar-refractivity contribution is -0.134. The van der Waals surface area contributed by atoms with Crippen LogP contribution in [0.25, 0.3) is 0 Å². The van der Waals surface area contributed by atoms with Crippen LogP contribution in [0, 0.1) is 0 Å². The summed E-state index contributed by atoms with van der Waals surface area (Å²) in [5.74, 6) is 1.43. The Balaban J connectivity index is 2.61. The van der Waals surface area contributed by atoms with Gasteiger partial charge in [0.25, 0.3) is 0 Å². The molecule has 10 heteroatoms. The van der Waals surface area contributed by atoms with Gasteiger partial charge in [0.05, 0.1) is 25.2 Å². The number of amides is 2. The van der Waals surface area contributed by atoms with E-state index in [4.69, 9.17) is 32.4 Å². The van der Waals surface area contributed by atoms with Crippen LogP contribution >= 0.6 is 0 Å². The first-order valence-corrected chi connectivity index (χ1v) is 21.2. The van der Waals surface area contributed by atoms with E-state index in [2.05, 4.69) is 13.8 Å². The average molecular weight is 733 g/mol. The maximum absolute atomic E-state index is 13.2. The molecule has 0 unspecified atom stereocenters. The van der Waals surface area contributed by atoms with E-state index in [1.165, 1.54) is 77.0 Å². The second kappa shape index (κ2) is 33.2. The van der Waals surface area contributed by atoms with E-state index >= 15 is 0 Å². The molecule has 1 aromatic carbocycles. The summed E-state index contributed by atoms with van der Waals surface area (Å²) in [5.41, 5.74) is 23.9. The van der Waals surface area contributed by atoms with Gasteiger partial charge in [-0.15, -0.1) is 0 Å². The molecular formula is C42H80N6O4. The predicted molar refractivity (Wildman–Crippen MR) is 218 cm³/mol. The number of hydrogen-bond acceptors (Lipinski definition) is 8. The Labute approximate surface area is 318 Å². The Morgan fingerprint density at radius 3 is 1.15 bits per heavy atom. The molecule has 302 valence electrons. The molecule has 0 saturated carbocycles. The SMILES string of the molecule is CCCCCCCCCCN(CCOc1ccc(OCCN(CCCCCCCCCC)C(=O)[C@@H](N)CCCCN)cc1)C(=O)[C@@H](N)CCCCN. The molecule has 2 atom stereocenters. The molecule has 10 nitrogen and oxygen atoms in total. The smallest absolute Gasteiger partial charge is 0.239 e.